The zero-order chi connectivity index (χ0) is 14.8. The van der Waals surface area contributed by atoms with Gasteiger partial charge in [0.05, 0.1) is 24.0 Å². The Labute approximate surface area is 126 Å². The van der Waals surface area contributed by atoms with E-state index in [0.717, 1.165) is 16.6 Å². The van der Waals surface area contributed by atoms with Crippen LogP contribution in [-0.4, -0.2) is 20.6 Å². The molecule has 4 nitrogen and oxygen atoms in total. The van der Waals surface area contributed by atoms with Crippen molar-refractivity contribution in [1.82, 2.24) is 9.55 Å². The molecule has 0 unspecified atom stereocenters. The average molecular weight is 298 g/mol. The lowest BCUT2D eigenvalue weighted by atomic mass is 10.1. The molecule has 1 aromatic heterocycles. The molecule has 0 spiro atoms. The largest absolute Gasteiger partial charge is 0.481 e. The van der Waals surface area contributed by atoms with E-state index in [0.29, 0.717) is 11.3 Å². The van der Waals surface area contributed by atoms with Crippen LogP contribution in [-0.2, 0) is 17.8 Å². The van der Waals surface area contributed by atoms with Crippen LogP contribution in [0.3, 0.4) is 0 Å². The van der Waals surface area contributed by atoms with E-state index in [2.05, 4.69) is 17.1 Å². The van der Waals surface area contributed by atoms with Crippen molar-refractivity contribution in [3.8, 4) is 0 Å². The van der Waals surface area contributed by atoms with Crippen LogP contribution < -0.4 is 0 Å². The molecule has 2 N–H and O–H groups in total. The first-order chi connectivity index (χ1) is 10.1. The van der Waals surface area contributed by atoms with Crippen molar-refractivity contribution in [2.45, 2.75) is 13.0 Å². The summed E-state index contributed by atoms with van der Waals surface area (Å²) < 4.78 is 2.66. The van der Waals surface area contributed by atoms with Crippen LogP contribution in [0.15, 0.2) is 48.5 Å². The molecule has 0 fully saturated rings. The molecule has 0 aliphatic rings. The number of carbonyl (C=O) groups is 1. The zero-order valence-corrected chi connectivity index (χ0v) is 12.1. The molecule has 1 heterocycles. The predicted molar refractivity (Wildman–Crippen MR) is 84.0 cm³/mol. The highest BCUT2D eigenvalue weighted by Crippen LogP contribution is 2.18. The second-order valence-corrected chi connectivity index (χ2v) is 5.31. The Morgan fingerprint density at radius 3 is 2.62 bits per heavy atom. The van der Waals surface area contributed by atoms with Crippen molar-refractivity contribution >= 4 is 29.2 Å². The van der Waals surface area contributed by atoms with Gasteiger partial charge in [-0.25, -0.2) is 0 Å². The van der Waals surface area contributed by atoms with E-state index in [1.165, 1.54) is 5.56 Å². The maximum Gasteiger partial charge on any atom is 0.307 e. The van der Waals surface area contributed by atoms with Gasteiger partial charge in [0.2, 0.25) is 0 Å². The molecular weight excluding hydrogens is 284 g/mol. The molecule has 0 aliphatic heterocycles. The normalized spacial score (nSPS) is 10.9. The number of carboxylic acids is 1. The molecule has 21 heavy (non-hydrogen) atoms. The number of rotatable bonds is 4. The first-order valence-electron chi connectivity index (χ1n) is 6.60. The molecule has 0 aliphatic carbocycles. The maximum absolute atomic E-state index is 10.8. The lowest BCUT2D eigenvalue weighted by molar-refractivity contribution is -0.136. The Bertz CT molecular complexity index is 850. The summed E-state index contributed by atoms with van der Waals surface area (Å²) in [5.74, 6) is -0.836. The Morgan fingerprint density at radius 1 is 1.14 bits per heavy atom. The summed E-state index contributed by atoms with van der Waals surface area (Å²) in [7, 11) is 0. The van der Waals surface area contributed by atoms with Gasteiger partial charge in [0.15, 0.2) is 4.77 Å². The summed E-state index contributed by atoms with van der Waals surface area (Å²) in [6, 6.07) is 15.7. The van der Waals surface area contributed by atoms with Crippen molar-refractivity contribution in [2.75, 3.05) is 0 Å². The van der Waals surface area contributed by atoms with E-state index >= 15 is 0 Å². The van der Waals surface area contributed by atoms with Gasteiger partial charge >= 0.3 is 5.97 Å². The average Bonchev–Trinajstić information content (AvgIpc) is 2.75. The van der Waals surface area contributed by atoms with Gasteiger partial charge in [-0.2, -0.15) is 0 Å². The second-order valence-electron chi connectivity index (χ2n) is 4.92. The molecule has 2 aromatic carbocycles. The number of nitrogens with one attached hydrogen (secondary N) is 1. The van der Waals surface area contributed by atoms with Crippen molar-refractivity contribution in [3.63, 3.8) is 0 Å². The smallest absolute Gasteiger partial charge is 0.307 e. The molecule has 0 bridgehead atoms. The lowest BCUT2D eigenvalue weighted by Gasteiger charge is -2.05. The van der Waals surface area contributed by atoms with Gasteiger partial charge < -0.3 is 14.7 Å². The third-order valence-electron chi connectivity index (χ3n) is 3.38. The monoisotopic (exact) mass is 298 g/mol. The highest BCUT2D eigenvalue weighted by atomic mass is 32.1. The molecule has 106 valence electrons. The van der Waals surface area contributed by atoms with Gasteiger partial charge in [-0.1, -0.05) is 36.4 Å². The van der Waals surface area contributed by atoms with Crippen molar-refractivity contribution in [2.24, 2.45) is 0 Å². The second kappa shape index (κ2) is 5.54. The third kappa shape index (κ3) is 2.87. The quantitative estimate of drug-likeness (QED) is 0.726. The third-order valence-corrected chi connectivity index (χ3v) is 3.70. The number of hydrogen-bond donors (Lipinski definition) is 2. The fraction of sp³-hybridized carbons (Fsp3) is 0.125. The van der Waals surface area contributed by atoms with E-state index in [4.69, 9.17) is 17.3 Å². The Balaban J connectivity index is 2.02. The summed E-state index contributed by atoms with van der Waals surface area (Å²) in [6.07, 6.45) is 0.0143. The number of nitrogens with zero attached hydrogens (tertiary/aromatic N) is 1. The minimum Gasteiger partial charge on any atom is -0.481 e. The topological polar surface area (TPSA) is 58.0 Å². The Hall–Kier alpha value is -2.40. The van der Waals surface area contributed by atoms with Gasteiger partial charge in [0.25, 0.3) is 0 Å². The van der Waals surface area contributed by atoms with Crippen molar-refractivity contribution < 1.29 is 9.90 Å². The molecule has 0 amide bonds. The predicted octanol–water partition coefficient (Wildman–Crippen LogP) is 3.37. The SMILES string of the molecule is O=C(O)Cc1ccc2c(c1)[nH]c(=S)n2Cc1ccccc1. The summed E-state index contributed by atoms with van der Waals surface area (Å²) >= 11 is 5.37. The first kappa shape index (κ1) is 13.6. The van der Waals surface area contributed by atoms with E-state index < -0.39 is 5.97 Å². The van der Waals surface area contributed by atoms with Crippen LogP contribution in [0, 0.1) is 4.77 Å². The van der Waals surface area contributed by atoms with Crippen LogP contribution in [0.25, 0.3) is 11.0 Å². The van der Waals surface area contributed by atoms with E-state index in [-0.39, 0.29) is 6.42 Å². The number of aliphatic carboxylic acids is 1. The summed E-state index contributed by atoms with van der Waals surface area (Å²) in [5.41, 5.74) is 3.79. The fourth-order valence-corrected chi connectivity index (χ4v) is 2.69. The Morgan fingerprint density at radius 2 is 1.90 bits per heavy atom. The molecule has 0 radical (unpaired) electrons. The van der Waals surface area contributed by atoms with Gasteiger partial charge in [0.1, 0.15) is 0 Å². The first-order valence-corrected chi connectivity index (χ1v) is 7.01. The Kier molecular flexibility index (Phi) is 3.58. The highest BCUT2D eigenvalue weighted by molar-refractivity contribution is 7.71. The van der Waals surface area contributed by atoms with Crippen molar-refractivity contribution in [1.29, 1.82) is 0 Å². The van der Waals surface area contributed by atoms with E-state index in [9.17, 15) is 4.79 Å². The minimum atomic E-state index is -0.836. The zero-order valence-electron chi connectivity index (χ0n) is 11.2. The molecule has 5 heteroatoms. The molecule has 3 rings (SSSR count). The van der Waals surface area contributed by atoms with Crippen LogP contribution in [0.5, 0.6) is 0 Å². The summed E-state index contributed by atoms with van der Waals surface area (Å²) in [4.78, 5) is 13.9. The van der Waals surface area contributed by atoms with Gasteiger partial charge in [-0.3, -0.25) is 4.79 Å². The molecule has 0 atom stereocenters. The van der Waals surface area contributed by atoms with Crippen LogP contribution in [0.1, 0.15) is 11.1 Å². The number of H-pyrrole nitrogens is 1. The van der Waals surface area contributed by atoms with Crippen LogP contribution >= 0.6 is 12.2 Å². The van der Waals surface area contributed by atoms with E-state index in [1.54, 1.807) is 0 Å². The number of carboxylic acid groups (broad SMARTS) is 1. The molecule has 3 aromatic rings. The van der Waals surface area contributed by atoms with Gasteiger partial charge in [-0.05, 0) is 35.5 Å². The summed E-state index contributed by atoms with van der Waals surface area (Å²) in [5, 5.41) is 8.86. The number of fused-ring (bicyclic) bond motifs is 1. The molecule has 0 saturated heterocycles. The van der Waals surface area contributed by atoms with Gasteiger partial charge in [-0.15, -0.1) is 0 Å². The number of imidazole rings is 1. The standard InChI is InChI=1S/C16H14N2O2S/c19-15(20)9-12-6-7-14-13(8-12)17-16(21)18(14)10-11-4-2-1-3-5-11/h1-8H,9-10H2,(H,17,21)(H,19,20). The number of hydrogen-bond acceptors (Lipinski definition) is 2. The summed E-state index contributed by atoms with van der Waals surface area (Å²) in [6.45, 7) is 0.692. The van der Waals surface area contributed by atoms with Crippen molar-refractivity contribution in [3.05, 3.63) is 64.4 Å². The van der Waals surface area contributed by atoms with Gasteiger partial charge in [0, 0.05) is 0 Å². The maximum atomic E-state index is 10.8. The van der Waals surface area contributed by atoms with E-state index in [1.807, 2.05) is 41.0 Å². The highest BCUT2D eigenvalue weighted by Gasteiger charge is 2.07. The lowest BCUT2D eigenvalue weighted by Crippen LogP contribution is -2.01. The molecule has 0 saturated carbocycles. The molecular formula is C16H14N2O2S. The number of aromatic amines is 1. The van der Waals surface area contributed by atoms with Crippen LogP contribution in [0.2, 0.25) is 0 Å². The number of aromatic nitrogens is 2. The minimum absolute atomic E-state index is 0.0143. The number of benzene rings is 2. The fourth-order valence-electron chi connectivity index (χ4n) is 2.42. The van der Waals surface area contributed by atoms with Crippen LogP contribution in [0.4, 0.5) is 0 Å².